The van der Waals surface area contributed by atoms with Gasteiger partial charge in [0, 0.05) is 24.6 Å². The number of ether oxygens (including phenoxy) is 5. The molecule has 0 aliphatic heterocycles. The summed E-state index contributed by atoms with van der Waals surface area (Å²) in [5.41, 5.74) is 0.837. The maximum Gasteiger partial charge on any atom is 0.510 e. The first-order valence-corrected chi connectivity index (χ1v) is 18.4. The van der Waals surface area contributed by atoms with Gasteiger partial charge in [0.2, 0.25) is 17.7 Å². The second kappa shape index (κ2) is 18.8. The number of pyridine rings is 1. The zero-order chi connectivity index (χ0) is 41.0. The quantitative estimate of drug-likeness (QED) is 0.0642. The molecule has 3 aromatic carbocycles. The summed E-state index contributed by atoms with van der Waals surface area (Å²) in [5.74, 6) is -0.826. The van der Waals surface area contributed by atoms with Crippen molar-refractivity contribution in [1.29, 1.82) is 0 Å². The van der Waals surface area contributed by atoms with Gasteiger partial charge in [-0.25, -0.2) is 19.4 Å². The first-order chi connectivity index (χ1) is 27.2. The highest BCUT2D eigenvalue weighted by molar-refractivity contribution is 5.98. The Labute approximate surface area is 330 Å². The number of carbonyl (C=O) groups is 5. The lowest BCUT2D eigenvalue weighted by Gasteiger charge is -2.38. The molecule has 1 aromatic heterocycles. The summed E-state index contributed by atoms with van der Waals surface area (Å²) >= 11 is 0. The number of benzene rings is 3. The minimum absolute atomic E-state index is 0.0121. The van der Waals surface area contributed by atoms with Gasteiger partial charge in [-0.2, -0.15) is 0 Å². The molecule has 15 nitrogen and oxygen atoms in total. The van der Waals surface area contributed by atoms with Gasteiger partial charge in [-0.1, -0.05) is 72.8 Å². The number of anilines is 1. The number of hydrogen-bond donors (Lipinski definition) is 4. The number of aryl methyl sites for hydroxylation is 1. The van der Waals surface area contributed by atoms with Crippen LogP contribution in [-0.4, -0.2) is 58.5 Å². The standard InChI is InChI=1S/C42H47N5O10/c1-27(44-35(48)28(2)45-38(50)53-25-29-14-8-6-9-15-29)36(49)46-33-19-13-23-43-37(33)55-34-20-12-18-31-21-22-42(24-32(31)34,47-39(51)56-41(3,4)5)57-40(52)54-26-30-16-10-7-11-17-30/h6-20,23,27-28H,21-22,24-26H2,1-5H3,(H,44,48)(H,45,50)(H,46,49)(H,47,51)/t27-,28-,42+/m0/s1. The highest BCUT2D eigenvalue weighted by Gasteiger charge is 2.43. The van der Waals surface area contributed by atoms with Gasteiger partial charge in [0.25, 0.3) is 0 Å². The lowest BCUT2D eigenvalue weighted by molar-refractivity contribution is -0.127. The first kappa shape index (κ1) is 41.5. The molecule has 4 N–H and O–H groups in total. The molecule has 0 unspecified atom stereocenters. The average molecular weight is 782 g/mol. The molecule has 0 fully saturated rings. The number of nitrogens with one attached hydrogen (secondary N) is 4. The first-order valence-electron chi connectivity index (χ1n) is 18.4. The van der Waals surface area contributed by atoms with Gasteiger partial charge >= 0.3 is 18.3 Å². The Morgan fingerprint density at radius 3 is 2.07 bits per heavy atom. The fraction of sp³-hybridized carbons (Fsp3) is 0.333. The van der Waals surface area contributed by atoms with Crippen LogP contribution < -0.4 is 26.0 Å². The minimum Gasteiger partial charge on any atom is -0.445 e. The third-order valence-corrected chi connectivity index (χ3v) is 8.63. The summed E-state index contributed by atoms with van der Waals surface area (Å²) in [7, 11) is 0. The summed E-state index contributed by atoms with van der Waals surface area (Å²) in [6.07, 6.45) is -0.496. The van der Waals surface area contributed by atoms with Gasteiger partial charge in [-0.05, 0) is 75.9 Å². The van der Waals surface area contributed by atoms with Crippen LogP contribution in [0.1, 0.15) is 63.3 Å². The summed E-state index contributed by atoms with van der Waals surface area (Å²) in [6, 6.07) is 24.7. The molecule has 0 saturated carbocycles. The van der Waals surface area contributed by atoms with Crippen molar-refractivity contribution in [3.05, 3.63) is 119 Å². The van der Waals surface area contributed by atoms with E-state index in [1.807, 2.05) is 42.5 Å². The Morgan fingerprint density at radius 2 is 1.40 bits per heavy atom. The van der Waals surface area contributed by atoms with Crippen LogP contribution in [-0.2, 0) is 54.6 Å². The normalized spacial score (nSPS) is 15.7. The zero-order valence-electron chi connectivity index (χ0n) is 32.5. The van der Waals surface area contributed by atoms with Crippen LogP contribution >= 0.6 is 0 Å². The van der Waals surface area contributed by atoms with Crippen molar-refractivity contribution in [1.82, 2.24) is 20.9 Å². The van der Waals surface area contributed by atoms with Gasteiger partial charge in [-0.15, -0.1) is 0 Å². The van der Waals surface area contributed by atoms with Crippen LogP contribution in [0, 0.1) is 0 Å². The van der Waals surface area contributed by atoms with Crippen molar-refractivity contribution in [2.45, 2.75) is 90.5 Å². The third-order valence-electron chi connectivity index (χ3n) is 8.63. The lowest BCUT2D eigenvalue weighted by Crippen LogP contribution is -2.56. The van der Waals surface area contributed by atoms with E-state index in [1.165, 1.54) is 20.0 Å². The monoisotopic (exact) mass is 781 g/mol. The summed E-state index contributed by atoms with van der Waals surface area (Å²) in [4.78, 5) is 69.0. The van der Waals surface area contributed by atoms with Crippen LogP contribution in [0.15, 0.2) is 97.2 Å². The molecule has 0 saturated heterocycles. The minimum atomic E-state index is -1.57. The Bertz CT molecular complexity index is 2040. The van der Waals surface area contributed by atoms with Gasteiger partial charge in [0.15, 0.2) is 5.72 Å². The Hall–Kier alpha value is -6.64. The molecule has 0 radical (unpaired) electrons. The van der Waals surface area contributed by atoms with Crippen molar-refractivity contribution in [3.63, 3.8) is 0 Å². The molecule has 1 aliphatic carbocycles. The van der Waals surface area contributed by atoms with Crippen LogP contribution in [0.4, 0.5) is 20.1 Å². The van der Waals surface area contributed by atoms with E-state index in [4.69, 9.17) is 23.7 Å². The topological polar surface area (TPSA) is 193 Å². The fourth-order valence-corrected chi connectivity index (χ4v) is 5.79. The fourth-order valence-electron chi connectivity index (χ4n) is 5.79. The molecule has 1 heterocycles. The van der Waals surface area contributed by atoms with Crippen molar-refractivity contribution in [3.8, 4) is 11.6 Å². The molecule has 0 bridgehead atoms. The molecule has 57 heavy (non-hydrogen) atoms. The number of nitrogens with zero attached hydrogens (tertiary/aromatic N) is 1. The Balaban J connectivity index is 1.25. The van der Waals surface area contributed by atoms with Crippen LogP contribution in [0.25, 0.3) is 0 Å². The highest BCUT2D eigenvalue weighted by Crippen LogP contribution is 2.38. The number of carbonyl (C=O) groups excluding carboxylic acids is 5. The van der Waals surface area contributed by atoms with Crippen molar-refractivity contribution >= 4 is 35.8 Å². The van der Waals surface area contributed by atoms with E-state index in [1.54, 1.807) is 69.3 Å². The Kier molecular flexibility index (Phi) is 13.7. The summed E-state index contributed by atoms with van der Waals surface area (Å²) in [6.45, 7) is 8.11. The summed E-state index contributed by atoms with van der Waals surface area (Å²) < 4.78 is 28.3. The molecule has 15 heteroatoms. The van der Waals surface area contributed by atoms with Crippen molar-refractivity contribution < 1.29 is 47.7 Å². The number of hydrogen-bond acceptors (Lipinski definition) is 11. The van der Waals surface area contributed by atoms with E-state index in [-0.39, 0.29) is 37.6 Å². The molecule has 5 rings (SSSR count). The number of alkyl carbamates (subject to hydrolysis) is 2. The number of aromatic nitrogens is 1. The molecular formula is C42H47N5O10. The van der Waals surface area contributed by atoms with E-state index in [0.717, 1.165) is 16.7 Å². The molecule has 3 atom stereocenters. The second-order valence-corrected chi connectivity index (χ2v) is 14.4. The van der Waals surface area contributed by atoms with Gasteiger partial charge in [-0.3, -0.25) is 14.9 Å². The molecule has 0 spiro atoms. The molecular weight excluding hydrogens is 734 g/mol. The smallest absolute Gasteiger partial charge is 0.445 e. The average Bonchev–Trinajstić information content (AvgIpc) is 3.17. The highest BCUT2D eigenvalue weighted by atomic mass is 16.7. The van der Waals surface area contributed by atoms with Crippen molar-refractivity contribution in [2.75, 3.05) is 5.32 Å². The van der Waals surface area contributed by atoms with Gasteiger partial charge < -0.3 is 39.6 Å². The molecule has 1 aliphatic rings. The predicted octanol–water partition coefficient (Wildman–Crippen LogP) is 6.70. The van der Waals surface area contributed by atoms with E-state index in [2.05, 4.69) is 26.3 Å². The van der Waals surface area contributed by atoms with E-state index in [9.17, 15) is 24.0 Å². The van der Waals surface area contributed by atoms with Crippen LogP contribution in [0.3, 0.4) is 0 Å². The largest absolute Gasteiger partial charge is 0.510 e. The SMILES string of the molecule is C[C@H](NC(=O)OCc1ccccc1)C(=O)N[C@@H](C)C(=O)Nc1cccnc1Oc1cccc2c1C[C@](NC(=O)OC(C)(C)C)(OC(=O)OCc1ccccc1)CC2. The maximum absolute atomic E-state index is 13.3. The third kappa shape index (κ3) is 12.4. The van der Waals surface area contributed by atoms with Gasteiger partial charge in [0.1, 0.15) is 42.3 Å². The molecule has 4 amide bonds. The lowest BCUT2D eigenvalue weighted by atomic mass is 9.85. The predicted molar refractivity (Wildman–Crippen MR) is 208 cm³/mol. The maximum atomic E-state index is 13.3. The van der Waals surface area contributed by atoms with Gasteiger partial charge in [0.05, 0.1) is 0 Å². The van der Waals surface area contributed by atoms with Crippen LogP contribution in [0.5, 0.6) is 11.6 Å². The second-order valence-electron chi connectivity index (χ2n) is 14.4. The van der Waals surface area contributed by atoms with Crippen molar-refractivity contribution in [2.24, 2.45) is 0 Å². The number of fused-ring (bicyclic) bond motifs is 1. The molecule has 4 aromatic rings. The van der Waals surface area contributed by atoms with E-state index in [0.29, 0.717) is 17.7 Å². The molecule has 300 valence electrons. The number of rotatable bonds is 13. The number of amides is 4. The van der Waals surface area contributed by atoms with E-state index >= 15 is 0 Å². The Morgan fingerprint density at radius 1 is 0.754 bits per heavy atom. The zero-order valence-corrected chi connectivity index (χ0v) is 32.5. The van der Waals surface area contributed by atoms with E-state index < -0.39 is 53.6 Å². The van der Waals surface area contributed by atoms with Crippen LogP contribution in [0.2, 0.25) is 0 Å². The summed E-state index contributed by atoms with van der Waals surface area (Å²) in [5, 5.41) is 10.5.